The van der Waals surface area contributed by atoms with Crippen LogP contribution in [0.3, 0.4) is 0 Å². The number of piperidine rings is 1. The third-order valence-corrected chi connectivity index (χ3v) is 7.96. The fourth-order valence-corrected chi connectivity index (χ4v) is 6.41. The molecule has 6 nitrogen and oxygen atoms in total. The Labute approximate surface area is 220 Å². The zero-order valence-corrected chi connectivity index (χ0v) is 22.3. The molecular weight excluding hydrogens is 464 g/mol. The summed E-state index contributed by atoms with van der Waals surface area (Å²) in [5.74, 6) is 0.462. The van der Waals surface area contributed by atoms with Crippen molar-refractivity contribution >= 4 is 11.9 Å². The molecule has 6 heteroatoms. The third kappa shape index (κ3) is 5.97. The van der Waals surface area contributed by atoms with Gasteiger partial charge in [0.1, 0.15) is 5.75 Å². The highest BCUT2D eigenvalue weighted by atomic mass is 16.5. The number of ether oxygens (including phenoxy) is 1. The summed E-state index contributed by atoms with van der Waals surface area (Å²) in [5.41, 5.74) is 1.39. The van der Waals surface area contributed by atoms with Gasteiger partial charge in [-0.25, -0.2) is 0 Å². The van der Waals surface area contributed by atoms with Crippen LogP contribution in [0, 0.1) is 11.8 Å². The Balaban J connectivity index is 1.74. The van der Waals surface area contributed by atoms with Crippen molar-refractivity contribution in [3.8, 4) is 5.75 Å². The molecule has 2 aromatic rings. The third-order valence-electron chi connectivity index (χ3n) is 7.96. The van der Waals surface area contributed by atoms with E-state index in [9.17, 15) is 14.7 Å². The van der Waals surface area contributed by atoms with Gasteiger partial charge in [0.05, 0.1) is 6.10 Å². The van der Waals surface area contributed by atoms with Crippen molar-refractivity contribution in [2.45, 2.75) is 57.6 Å². The number of carbonyl (C=O) groups excluding carboxylic acids is 2. The van der Waals surface area contributed by atoms with Crippen molar-refractivity contribution in [2.75, 3.05) is 26.2 Å². The van der Waals surface area contributed by atoms with Crippen LogP contribution in [0.25, 0.3) is 0 Å². The number of aliphatic hydroxyl groups excluding tert-OH is 1. The molecule has 2 aliphatic rings. The van der Waals surface area contributed by atoms with Crippen LogP contribution in [0.4, 0.5) is 0 Å². The summed E-state index contributed by atoms with van der Waals surface area (Å²) >= 11 is 0. The Morgan fingerprint density at radius 3 is 2.65 bits per heavy atom. The highest BCUT2D eigenvalue weighted by Gasteiger charge is 2.53. The van der Waals surface area contributed by atoms with E-state index in [1.54, 1.807) is 6.07 Å². The van der Waals surface area contributed by atoms with Crippen molar-refractivity contribution in [1.29, 1.82) is 0 Å². The quantitative estimate of drug-likeness (QED) is 0.321. The molecule has 1 saturated heterocycles. The summed E-state index contributed by atoms with van der Waals surface area (Å²) in [6, 6.07) is 17.1. The summed E-state index contributed by atoms with van der Waals surface area (Å²) < 4.78 is 5.44. The second-order valence-electron chi connectivity index (χ2n) is 11.1. The summed E-state index contributed by atoms with van der Waals surface area (Å²) in [4.78, 5) is 29.8. The molecule has 198 valence electrons. The molecule has 1 saturated carbocycles. The van der Waals surface area contributed by atoms with Gasteiger partial charge < -0.3 is 14.7 Å². The Morgan fingerprint density at radius 2 is 1.97 bits per heavy atom. The number of carbonyl (C=O) groups is 2. The predicted octanol–water partition coefficient (Wildman–Crippen LogP) is 4.68. The number of esters is 1. The van der Waals surface area contributed by atoms with Gasteiger partial charge in [-0.2, -0.15) is 0 Å². The molecule has 2 aromatic carbocycles. The average molecular weight is 505 g/mol. The summed E-state index contributed by atoms with van der Waals surface area (Å²) in [6.45, 7) is 12.6. The maximum atomic E-state index is 13.8. The fourth-order valence-electron chi connectivity index (χ4n) is 6.41. The van der Waals surface area contributed by atoms with Crippen molar-refractivity contribution < 1.29 is 19.4 Å². The summed E-state index contributed by atoms with van der Waals surface area (Å²) in [5, 5.41) is 11.7. The minimum Gasteiger partial charge on any atom is -0.427 e. The van der Waals surface area contributed by atoms with Crippen LogP contribution in [-0.4, -0.2) is 65.1 Å². The number of likely N-dealkylation sites (tertiary alicyclic amines) is 1. The summed E-state index contributed by atoms with van der Waals surface area (Å²) in [7, 11) is 0. The molecule has 1 aliphatic carbocycles. The lowest BCUT2D eigenvalue weighted by atomic mass is 9.56. The van der Waals surface area contributed by atoms with Gasteiger partial charge in [0.2, 0.25) is 0 Å². The lowest BCUT2D eigenvalue weighted by molar-refractivity contribution is -0.131. The van der Waals surface area contributed by atoms with Gasteiger partial charge in [-0.05, 0) is 61.6 Å². The number of benzene rings is 2. The van der Waals surface area contributed by atoms with E-state index < -0.39 is 6.10 Å². The number of rotatable bonds is 8. The number of fused-ring (bicyclic) bond motifs is 1. The van der Waals surface area contributed by atoms with E-state index in [4.69, 9.17) is 4.74 Å². The Bertz CT molecular complexity index is 1100. The lowest BCUT2D eigenvalue weighted by Gasteiger charge is -2.56. The molecule has 0 spiro atoms. The molecule has 0 radical (unpaired) electrons. The van der Waals surface area contributed by atoms with Gasteiger partial charge in [0.25, 0.3) is 5.91 Å². The Hall–Kier alpha value is -2.96. The zero-order chi connectivity index (χ0) is 26.6. The molecule has 37 heavy (non-hydrogen) atoms. The second-order valence-corrected chi connectivity index (χ2v) is 11.1. The molecule has 1 aliphatic heterocycles. The normalized spacial score (nSPS) is 25.8. The van der Waals surface area contributed by atoms with E-state index in [1.807, 2.05) is 53.4 Å². The van der Waals surface area contributed by atoms with Gasteiger partial charge in [-0.15, -0.1) is 6.58 Å². The Kier molecular flexibility index (Phi) is 8.50. The van der Waals surface area contributed by atoms with Crippen LogP contribution < -0.4 is 4.74 Å². The summed E-state index contributed by atoms with van der Waals surface area (Å²) in [6.07, 6.45) is 3.49. The van der Waals surface area contributed by atoms with Crippen LogP contribution in [0.5, 0.6) is 5.75 Å². The first kappa shape index (κ1) is 27.1. The molecule has 1 unspecified atom stereocenters. The van der Waals surface area contributed by atoms with Crippen LogP contribution in [-0.2, 0) is 10.2 Å². The van der Waals surface area contributed by atoms with Gasteiger partial charge in [0, 0.05) is 49.5 Å². The SMILES string of the molecule is C=CCN1CC[C@@]2(c3cccc(OC(C)=O)c3)C[C@H](N(CC(C)C)C(=O)c3ccccc3)CC(O)[C@@H]2C1. The molecule has 2 fully saturated rings. The minimum atomic E-state index is -0.568. The standard InChI is InChI=1S/C31H40N2O4/c1-5-15-32-16-14-31(25-12-9-13-27(17-25)37-23(4)34)19-26(18-29(35)28(31)21-32)33(20-22(2)3)30(36)24-10-7-6-8-11-24/h5-13,17,22,26,28-29,35H,1,14-16,18-21H2,2-4H3/t26-,28+,29?,31+/m1/s1. The van der Waals surface area contributed by atoms with Gasteiger partial charge in [0.15, 0.2) is 0 Å². The number of nitrogens with zero attached hydrogens (tertiary/aromatic N) is 2. The first-order chi connectivity index (χ1) is 17.7. The topological polar surface area (TPSA) is 70.1 Å². The molecule has 1 N–H and O–H groups in total. The van der Waals surface area contributed by atoms with Crippen LogP contribution in [0.1, 0.15) is 56.0 Å². The van der Waals surface area contributed by atoms with Gasteiger partial charge in [-0.1, -0.05) is 50.3 Å². The van der Waals surface area contributed by atoms with E-state index >= 15 is 0 Å². The number of hydrogen-bond donors (Lipinski definition) is 1. The molecule has 4 atom stereocenters. The van der Waals surface area contributed by atoms with Gasteiger partial charge >= 0.3 is 5.97 Å². The zero-order valence-electron chi connectivity index (χ0n) is 22.3. The van der Waals surface area contributed by atoms with E-state index in [0.29, 0.717) is 30.2 Å². The van der Waals surface area contributed by atoms with E-state index in [0.717, 1.165) is 38.0 Å². The highest BCUT2D eigenvalue weighted by Crippen LogP contribution is 2.51. The maximum Gasteiger partial charge on any atom is 0.308 e. The van der Waals surface area contributed by atoms with Crippen molar-refractivity contribution in [2.24, 2.45) is 11.8 Å². The second kappa shape index (κ2) is 11.6. The average Bonchev–Trinajstić information content (AvgIpc) is 2.87. The van der Waals surface area contributed by atoms with E-state index in [1.165, 1.54) is 6.92 Å². The van der Waals surface area contributed by atoms with Crippen LogP contribution in [0.2, 0.25) is 0 Å². The molecule has 1 heterocycles. The van der Waals surface area contributed by atoms with Crippen molar-refractivity contribution in [3.63, 3.8) is 0 Å². The minimum absolute atomic E-state index is 0.00208. The van der Waals surface area contributed by atoms with E-state index in [-0.39, 0.29) is 29.3 Å². The Morgan fingerprint density at radius 1 is 1.22 bits per heavy atom. The first-order valence-electron chi connectivity index (χ1n) is 13.4. The molecule has 4 rings (SSSR count). The van der Waals surface area contributed by atoms with Crippen molar-refractivity contribution in [1.82, 2.24) is 9.80 Å². The smallest absolute Gasteiger partial charge is 0.308 e. The fraction of sp³-hybridized carbons (Fsp3) is 0.484. The lowest BCUT2D eigenvalue weighted by Crippen LogP contribution is -2.61. The van der Waals surface area contributed by atoms with Gasteiger partial charge in [-0.3, -0.25) is 14.5 Å². The number of hydrogen-bond acceptors (Lipinski definition) is 5. The van der Waals surface area contributed by atoms with E-state index in [2.05, 4.69) is 31.4 Å². The molecule has 0 aromatic heterocycles. The molecule has 1 amide bonds. The largest absolute Gasteiger partial charge is 0.427 e. The molecular formula is C31H40N2O4. The van der Waals surface area contributed by atoms with Crippen LogP contribution in [0.15, 0.2) is 67.3 Å². The highest BCUT2D eigenvalue weighted by molar-refractivity contribution is 5.94. The predicted molar refractivity (Wildman–Crippen MR) is 146 cm³/mol. The molecule has 0 bridgehead atoms. The number of aliphatic hydroxyl groups is 1. The first-order valence-corrected chi connectivity index (χ1v) is 13.4. The number of amides is 1. The van der Waals surface area contributed by atoms with Crippen molar-refractivity contribution in [3.05, 3.63) is 78.4 Å². The maximum absolute atomic E-state index is 13.8. The monoisotopic (exact) mass is 504 g/mol. The van der Waals surface area contributed by atoms with Crippen LogP contribution >= 0.6 is 0 Å².